The molecule has 5 nitrogen and oxygen atoms in total. The molecule has 3 N–H and O–H groups in total. The summed E-state index contributed by atoms with van der Waals surface area (Å²) in [6.07, 6.45) is 2.30. The van der Waals surface area contributed by atoms with E-state index in [-0.39, 0.29) is 11.2 Å². The summed E-state index contributed by atoms with van der Waals surface area (Å²) in [6, 6.07) is 7.52. The Hall–Kier alpha value is -2.30. The molecule has 0 bridgehead atoms. The van der Waals surface area contributed by atoms with E-state index in [1.165, 1.54) is 4.57 Å². The number of anilines is 1. The first kappa shape index (κ1) is 12.2. The molecule has 0 aliphatic carbocycles. The lowest BCUT2D eigenvalue weighted by Gasteiger charge is -2.06. The van der Waals surface area contributed by atoms with E-state index < -0.39 is 0 Å². The molecule has 1 heterocycles. The molecule has 94 valence electrons. The zero-order chi connectivity index (χ0) is 13.1. The van der Waals surface area contributed by atoms with Gasteiger partial charge in [-0.15, -0.1) is 0 Å². The fourth-order valence-corrected chi connectivity index (χ4v) is 1.72. The minimum Gasteiger partial charge on any atom is -0.399 e. The van der Waals surface area contributed by atoms with Gasteiger partial charge in [-0.3, -0.25) is 14.3 Å². The van der Waals surface area contributed by atoms with E-state index in [4.69, 9.17) is 5.73 Å². The second kappa shape index (κ2) is 4.91. The van der Waals surface area contributed by atoms with Crippen LogP contribution < -0.4 is 17.0 Å². The summed E-state index contributed by atoms with van der Waals surface area (Å²) < 4.78 is 1.51. The average Bonchev–Trinajstić information content (AvgIpc) is 2.34. The van der Waals surface area contributed by atoms with Gasteiger partial charge < -0.3 is 5.73 Å². The number of aromatic amines is 1. The number of nitrogens with one attached hydrogen (secondary N) is 1. The van der Waals surface area contributed by atoms with Crippen molar-refractivity contribution in [3.8, 4) is 0 Å². The maximum Gasteiger partial charge on any atom is 0.328 e. The van der Waals surface area contributed by atoms with Gasteiger partial charge in [-0.1, -0.05) is 12.1 Å². The van der Waals surface area contributed by atoms with Crippen LogP contribution in [0.15, 0.2) is 40.1 Å². The van der Waals surface area contributed by atoms with Crippen molar-refractivity contribution in [2.24, 2.45) is 0 Å². The van der Waals surface area contributed by atoms with E-state index in [2.05, 4.69) is 4.98 Å². The number of hydrogen-bond acceptors (Lipinski definition) is 3. The van der Waals surface area contributed by atoms with E-state index in [9.17, 15) is 9.59 Å². The van der Waals surface area contributed by atoms with Gasteiger partial charge in [0.15, 0.2) is 0 Å². The van der Waals surface area contributed by atoms with Crippen molar-refractivity contribution < 1.29 is 0 Å². The second-order valence-corrected chi connectivity index (χ2v) is 4.26. The maximum absolute atomic E-state index is 11.6. The van der Waals surface area contributed by atoms with E-state index in [0.29, 0.717) is 18.5 Å². The first-order chi connectivity index (χ1) is 8.56. The summed E-state index contributed by atoms with van der Waals surface area (Å²) in [5.74, 6) is 0. The number of benzene rings is 1. The molecule has 1 aromatic carbocycles. The van der Waals surface area contributed by atoms with Gasteiger partial charge in [0.05, 0.1) is 0 Å². The molecule has 0 fully saturated rings. The van der Waals surface area contributed by atoms with Crippen molar-refractivity contribution in [2.75, 3.05) is 5.73 Å². The lowest BCUT2D eigenvalue weighted by Crippen LogP contribution is -2.31. The summed E-state index contributed by atoms with van der Waals surface area (Å²) >= 11 is 0. The molecule has 0 saturated heterocycles. The molecule has 0 radical (unpaired) electrons. The van der Waals surface area contributed by atoms with Crippen LogP contribution in [0, 0.1) is 6.92 Å². The van der Waals surface area contributed by atoms with Gasteiger partial charge in [-0.25, -0.2) is 4.79 Å². The van der Waals surface area contributed by atoms with Crippen molar-refractivity contribution in [1.82, 2.24) is 9.55 Å². The Labute approximate surface area is 104 Å². The van der Waals surface area contributed by atoms with Gasteiger partial charge >= 0.3 is 5.69 Å². The predicted octanol–water partition coefficient (Wildman–Crippen LogP) is 0.670. The molecular weight excluding hydrogens is 230 g/mol. The van der Waals surface area contributed by atoms with Crippen LogP contribution in [0.1, 0.15) is 11.1 Å². The molecule has 0 spiro atoms. The number of aromatic nitrogens is 2. The first-order valence-electron chi connectivity index (χ1n) is 5.71. The molecule has 0 aliphatic rings. The molecule has 2 rings (SSSR count). The highest BCUT2D eigenvalue weighted by Gasteiger charge is 2.01. The Morgan fingerprint density at radius 2 is 1.89 bits per heavy atom. The molecule has 5 heteroatoms. The smallest absolute Gasteiger partial charge is 0.328 e. The molecule has 0 saturated carbocycles. The van der Waals surface area contributed by atoms with Crippen LogP contribution in [0.5, 0.6) is 0 Å². The highest BCUT2D eigenvalue weighted by atomic mass is 16.2. The monoisotopic (exact) mass is 245 g/mol. The maximum atomic E-state index is 11.6. The Morgan fingerprint density at radius 3 is 2.56 bits per heavy atom. The van der Waals surface area contributed by atoms with Crippen LogP contribution in [0.3, 0.4) is 0 Å². The highest BCUT2D eigenvalue weighted by Crippen LogP contribution is 2.06. The molecule has 2 aromatic rings. The first-order valence-corrected chi connectivity index (χ1v) is 5.71. The molecule has 0 unspecified atom stereocenters. The van der Waals surface area contributed by atoms with Gasteiger partial charge in [0.1, 0.15) is 0 Å². The molecule has 1 aromatic heterocycles. The third-order valence-corrected chi connectivity index (χ3v) is 2.81. The quantitative estimate of drug-likeness (QED) is 0.780. The van der Waals surface area contributed by atoms with E-state index in [0.717, 1.165) is 11.3 Å². The van der Waals surface area contributed by atoms with Crippen LogP contribution in [-0.4, -0.2) is 9.55 Å². The number of nitrogens with zero attached hydrogens (tertiary/aromatic N) is 1. The number of aryl methyl sites for hydroxylation is 3. The van der Waals surface area contributed by atoms with Gasteiger partial charge in [0, 0.05) is 24.0 Å². The van der Waals surface area contributed by atoms with Crippen LogP contribution in [0.4, 0.5) is 5.69 Å². The van der Waals surface area contributed by atoms with Crippen molar-refractivity contribution in [1.29, 1.82) is 0 Å². The molecule has 0 amide bonds. The zero-order valence-electron chi connectivity index (χ0n) is 10.1. The Bertz CT molecular complexity index is 653. The molecule has 18 heavy (non-hydrogen) atoms. The van der Waals surface area contributed by atoms with E-state index in [1.807, 2.05) is 24.3 Å². The Kier molecular flexibility index (Phi) is 3.32. The predicted molar refractivity (Wildman–Crippen MR) is 70.6 cm³/mol. The number of hydrogen-bond donors (Lipinski definition) is 2. The van der Waals surface area contributed by atoms with Crippen molar-refractivity contribution in [3.63, 3.8) is 0 Å². The van der Waals surface area contributed by atoms with Gasteiger partial charge in [-0.2, -0.15) is 0 Å². The minimum atomic E-state index is -0.374. The molecule has 0 atom stereocenters. The fraction of sp³-hybridized carbons (Fsp3) is 0.231. The van der Waals surface area contributed by atoms with E-state index >= 15 is 0 Å². The van der Waals surface area contributed by atoms with Gasteiger partial charge in [0.25, 0.3) is 5.56 Å². The lowest BCUT2D eigenvalue weighted by molar-refractivity contribution is 0.641. The number of nitrogens with two attached hydrogens (primary N) is 1. The lowest BCUT2D eigenvalue weighted by atomic mass is 10.1. The minimum absolute atomic E-state index is 0.330. The normalized spacial score (nSPS) is 10.5. The molecule has 0 aliphatic heterocycles. The van der Waals surface area contributed by atoms with Gasteiger partial charge in [-0.05, 0) is 31.0 Å². The largest absolute Gasteiger partial charge is 0.399 e. The topological polar surface area (TPSA) is 80.9 Å². The Morgan fingerprint density at radius 1 is 1.22 bits per heavy atom. The summed E-state index contributed by atoms with van der Waals surface area (Å²) in [6.45, 7) is 2.21. The van der Waals surface area contributed by atoms with Gasteiger partial charge in [0.2, 0.25) is 0 Å². The third-order valence-electron chi connectivity index (χ3n) is 2.81. The number of H-pyrrole nitrogens is 1. The summed E-state index contributed by atoms with van der Waals surface area (Å²) in [5, 5.41) is 0. The standard InChI is InChI=1S/C13H15N3O2/c1-9-8-16(13(18)15-12(9)17)7-6-10-2-4-11(14)5-3-10/h2-5,8H,6-7,14H2,1H3,(H,15,17,18). The summed E-state index contributed by atoms with van der Waals surface area (Å²) in [5.41, 5.74) is 7.25. The second-order valence-electron chi connectivity index (χ2n) is 4.26. The highest BCUT2D eigenvalue weighted by molar-refractivity contribution is 5.39. The summed E-state index contributed by atoms with van der Waals surface area (Å²) in [4.78, 5) is 25.1. The van der Waals surface area contributed by atoms with Crippen LogP contribution in [0.25, 0.3) is 0 Å². The van der Waals surface area contributed by atoms with Crippen LogP contribution in [0.2, 0.25) is 0 Å². The van der Waals surface area contributed by atoms with E-state index in [1.54, 1.807) is 13.1 Å². The van der Waals surface area contributed by atoms with Crippen molar-refractivity contribution in [2.45, 2.75) is 19.9 Å². The third kappa shape index (κ3) is 2.68. The zero-order valence-corrected chi connectivity index (χ0v) is 10.1. The van der Waals surface area contributed by atoms with Crippen LogP contribution in [-0.2, 0) is 13.0 Å². The molecular formula is C13H15N3O2. The average molecular weight is 245 g/mol. The van der Waals surface area contributed by atoms with Crippen molar-refractivity contribution >= 4 is 5.69 Å². The fourth-order valence-electron chi connectivity index (χ4n) is 1.72. The number of rotatable bonds is 3. The van der Waals surface area contributed by atoms with Crippen LogP contribution >= 0.6 is 0 Å². The Balaban J connectivity index is 2.15. The SMILES string of the molecule is Cc1cn(CCc2ccc(N)cc2)c(=O)[nH]c1=O. The number of nitrogen functional groups attached to an aromatic ring is 1. The van der Waals surface area contributed by atoms with Crippen molar-refractivity contribution in [3.05, 3.63) is 62.4 Å². The summed E-state index contributed by atoms with van der Waals surface area (Å²) in [7, 11) is 0.